The molecule has 8 heteroatoms. The number of aryl methyl sites for hydroxylation is 2. The topological polar surface area (TPSA) is 66.6 Å². The molecule has 2 aromatic carbocycles. The van der Waals surface area contributed by atoms with Gasteiger partial charge in [0, 0.05) is 37.7 Å². The average molecular weight is 461 g/mol. The minimum Gasteiger partial charge on any atom is -0.335 e. The molecule has 1 fully saturated rings. The van der Waals surface area contributed by atoms with Crippen LogP contribution in [0.3, 0.4) is 0 Å². The molecule has 1 aliphatic rings. The third kappa shape index (κ3) is 4.21. The van der Waals surface area contributed by atoms with Gasteiger partial charge in [-0.1, -0.05) is 54.1 Å². The van der Waals surface area contributed by atoms with Crippen LogP contribution in [0.5, 0.6) is 0 Å². The molecule has 0 aliphatic carbocycles. The van der Waals surface area contributed by atoms with Gasteiger partial charge in [-0.3, -0.25) is 9.69 Å². The number of rotatable bonds is 4. The Labute approximate surface area is 197 Å². The number of amides is 1. The number of piperazine rings is 1. The van der Waals surface area contributed by atoms with Crippen LogP contribution in [0.25, 0.3) is 16.8 Å². The fraction of sp³-hybridized carbons (Fsp3) is 0.280. The van der Waals surface area contributed by atoms with Gasteiger partial charge < -0.3 is 4.90 Å². The predicted octanol–water partition coefficient (Wildman–Crippen LogP) is 4.02. The van der Waals surface area contributed by atoms with E-state index in [4.69, 9.17) is 11.6 Å². The van der Waals surface area contributed by atoms with Crippen molar-refractivity contribution in [2.45, 2.75) is 20.4 Å². The lowest BCUT2D eigenvalue weighted by molar-refractivity contribution is 0.0620. The van der Waals surface area contributed by atoms with Gasteiger partial charge in [-0.25, -0.2) is 4.52 Å². The Morgan fingerprint density at radius 2 is 1.73 bits per heavy atom. The third-order valence-corrected chi connectivity index (χ3v) is 6.40. The van der Waals surface area contributed by atoms with Crippen molar-refractivity contribution in [3.8, 4) is 11.1 Å². The smallest absolute Gasteiger partial charge is 0.276 e. The van der Waals surface area contributed by atoms with E-state index in [1.165, 1.54) is 5.56 Å². The number of benzene rings is 2. The minimum atomic E-state index is -0.0984. The Hall–Kier alpha value is -3.29. The van der Waals surface area contributed by atoms with Gasteiger partial charge in [-0.05, 0) is 37.1 Å². The summed E-state index contributed by atoms with van der Waals surface area (Å²) in [6, 6.07) is 18.0. The molecule has 0 N–H and O–H groups in total. The second-order valence-electron chi connectivity index (χ2n) is 8.39. The Kier molecular flexibility index (Phi) is 5.83. The van der Waals surface area contributed by atoms with E-state index in [1.807, 2.05) is 49.1 Å². The first kappa shape index (κ1) is 21.6. The lowest BCUT2D eigenvalue weighted by Gasteiger charge is -2.34. The fourth-order valence-electron chi connectivity index (χ4n) is 4.39. The molecule has 0 spiro atoms. The number of hydrogen-bond acceptors (Lipinski definition) is 5. The molecule has 4 aromatic rings. The summed E-state index contributed by atoms with van der Waals surface area (Å²) in [6.07, 6.45) is 0. The molecule has 33 heavy (non-hydrogen) atoms. The first-order valence-electron chi connectivity index (χ1n) is 11.1. The highest BCUT2D eigenvalue weighted by molar-refractivity contribution is 6.30. The maximum Gasteiger partial charge on any atom is 0.276 e. The number of halogens is 1. The van der Waals surface area contributed by atoms with Crippen molar-refractivity contribution in [2.24, 2.45) is 0 Å². The van der Waals surface area contributed by atoms with Gasteiger partial charge >= 0.3 is 0 Å². The molecule has 1 saturated heterocycles. The van der Waals surface area contributed by atoms with Crippen LogP contribution in [0.4, 0.5) is 0 Å². The van der Waals surface area contributed by atoms with Crippen LogP contribution in [0, 0.1) is 13.8 Å². The zero-order chi connectivity index (χ0) is 22.9. The largest absolute Gasteiger partial charge is 0.335 e. The highest BCUT2D eigenvalue weighted by Gasteiger charge is 2.27. The van der Waals surface area contributed by atoms with Crippen LogP contribution in [0.1, 0.15) is 27.4 Å². The van der Waals surface area contributed by atoms with Crippen LogP contribution in [-0.4, -0.2) is 61.7 Å². The number of hydrogen-bond donors (Lipinski definition) is 0. The van der Waals surface area contributed by atoms with Crippen molar-refractivity contribution < 1.29 is 4.79 Å². The summed E-state index contributed by atoms with van der Waals surface area (Å²) in [5.74, 6) is -0.0984. The number of aromatic nitrogens is 4. The summed E-state index contributed by atoms with van der Waals surface area (Å²) in [6.45, 7) is 7.68. The number of fused-ring (bicyclic) bond motifs is 1. The Bertz CT molecular complexity index is 1310. The van der Waals surface area contributed by atoms with Gasteiger partial charge in [0.15, 0.2) is 11.3 Å². The average Bonchev–Trinajstić information content (AvgIpc) is 3.17. The van der Waals surface area contributed by atoms with E-state index in [0.717, 1.165) is 36.5 Å². The van der Waals surface area contributed by atoms with E-state index in [2.05, 4.69) is 44.5 Å². The molecule has 0 radical (unpaired) electrons. The molecular weight excluding hydrogens is 436 g/mol. The summed E-state index contributed by atoms with van der Waals surface area (Å²) < 4.78 is 1.72. The Balaban J connectivity index is 1.36. The van der Waals surface area contributed by atoms with E-state index >= 15 is 0 Å². The van der Waals surface area contributed by atoms with E-state index < -0.39 is 0 Å². The summed E-state index contributed by atoms with van der Waals surface area (Å²) in [4.78, 5) is 17.5. The molecule has 0 unspecified atom stereocenters. The van der Waals surface area contributed by atoms with Crippen LogP contribution in [-0.2, 0) is 6.54 Å². The minimum absolute atomic E-state index is 0.0984. The molecule has 7 nitrogen and oxygen atoms in total. The van der Waals surface area contributed by atoms with Crippen LogP contribution in [0.15, 0.2) is 54.6 Å². The van der Waals surface area contributed by atoms with Crippen molar-refractivity contribution in [3.63, 3.8) is 0 Å². The van der Waals surface area contributed by atoms with Gasteiger partial charge in [0.1, 0.15) is 0 Å². The van der Waals surface area contributed by atoms with Gasteiger partial charge in [0.05, 0.1) is 17.0 Å². The zero-order valence-corrected chi connectivity index (χ0v) is 19.5. The second kappa shape index (κ2) is 8.92. The van der Waals surface area contributed by atoms with E-state index in [9.17, 15) is 4.79 Å². The van der Waals surface area contributed by atoms with E-state index in [-0.39, 0.29) is 5.91 Å². The van der Waals surface area contributed by atoms with Crippen molar-refractivity contribution in [1.29, 1.82) is 0 Å². The predicted molar refractivity (Wildman–Crippen MR) is 128 cm³/mol. The van der Waals surface area contributed by atoms with Crippen LogP contribution in [0.2, 0.25) is 5.02 Å². The van der Waals surface area contributed by atoms with Gasteiger partial charge in [-0.2, -0.15) is 5.10 Å². The highest BCUT2D eigenvalue weighted by Crippen LogP contribution is 2.29. The molecule has 3 heterocycles. The molecule has 1 amide bonds. The number of nitrogens with zero attached hydrogens (tertiary/aromatic N) is 6. The normalized spacial score (nSPS) is 14.7. The summed E-state index contributed by atoms with van der Waals surface area (Å²) in [7, 11) is 0. The van der Waals surface area contributed by atoms with Gasteiger partial charge in [0.25, 0.3) is 5.91 Å². The number of carbonyl (C=O) groups is 1. The lowest BCUT2D eigenvalue weighted by Crippen LogP contribution is -2.48. The maximum atomic E-state index is 13.3. The fourth-order valence-corrected chi connectivity index (χ4v) is 4.58. The van der Waals surface area contributed by atoms with Crippen LogP contribution < -0.4 is 0 Å². The second-order valence-corrected chi connectivity index (χ2v) is 8.83. The Morgan fingerprint density at radius 3 is 2.45 bits per heavy atom. The van der Waals surface area contributed by atoms with Crippen LogP contribution >= 0.6 is 11.6 Å². The molecule has 0 saturated carbocycles. The van der Waals surface area contributed by atoms with Crippen molar-refractivity contribution in [3.05, 3.63) is 82.3 Å². The SMILES string of the molecule is Cc1nn2c(C)c(C(=O)N3CCN(Cc4ccccc4)CC3)nnc2c1-c1cccc(Cl)c1. The summed E-state index contributed by atoms with van der Waals surface area (Å²) >= 11 is 6.19. The highest BCUT2D eigenvalue weighted by atomic mass is 35.5. The monoisotopic (exact) mass is 460 g/mol. The molecule has 2 aromatic heterocycles. The molecule has 1 aliphatic heterocycles. The molecule has 5 rings (SSSR count). The molecule has 0 atom stereocenters. The third-order valence-electron chi connectivity index (χ3n) is 6.17. The Morgan fingerprint density at radius 1 is 0.970 bits per heavy atom. The van der Waals surface area contributed by atoms with Crippen molar-refractivity contribution in [1.82, 2.24) is 29.6 Å². The zero-order valence-electron chi connectivity index (χ0n) is 18.7. The first-order valence-corrected chi connectivity index (χ1v) is 11.4. The van der Waals surface area contributed by atoms with Gasteiger partial charge in [-0.15, -0.1) is 10.2 Å². The number of carbonyl (C=O) groups excluding carboxylic acids is 1. The van der Waals surface area contributed by atoms with E-state index in [0.29, 0.717) is 35.1 Å². The summed E-state index contributed by atoms with van der Waals surface area (Å²) in [5, 5.41) is 14.1. The molecular formula is C25H25ClN6O. The van der Waals surface area contributed by atoms with E-state index in [1.54, 1.807) is 4.52 Å². The first-order chi connectivity index (χ1) is 16.0. The quantitative estimate of drug-likeness (QED) is 0.460. The van der Waals surface area contributed by atoms with Crippen molar-refractivity contribution >= 4 is 23.2 Å². The molecule has 0 bridgehead atoms. The maximum absolute atomic E-state index is 13.3. The lowest BCUT2D eigenvalue weighted by atomic mass is 10.1. The summed E-state index contributed by atoms with van der Waals surface area (Å²) in [5.41, 5.74) is 5.56. The van der Waals surface area contributed by atoms with Gasteiger partial charge in [0.2, 0.25) is 0 Å². The van der Waals surface area contributed by atoms with Crippen molar-refractivity contribution in [2.75, 3.05) is 26.2 Å². The molecule has 168 valence electrons. The standard InChI is InChI=1S/C25H25ClN6O/c1-17-22(20-9-6-10-21(26)15-20)24-28-27-23(18(2)32(24)29-17)25(33)31-13-11-30(12-14-31)16-19-7-4-3-5-8-19/h3-10,15H,11-14,16H2,1-2H3.